The van der Waals surface area contributed by atoms with Crippen molar-refractivity contribution in [3.63, 3.8) is 0 Å². The van der Waals surface area contributed by atoms with Crippen molar-refractivity contribution in [3.8, 4) is 0 Å². The highest BCUT2D eigenvalue weighted by Crippen LogP contribution is 2.52. The molecule has 0 aliphatic heterocycles. The molecule has 3 heteroatoms. The van der Waals surface area contributed by atoms with Crippen molar-refractivity contribution in [3.05, 3.63) is 12.2 Å². The fourth-order valence-electron chi connectivity index (χ4n) is 5.19. The second-order valence-corrected chi connectivity index (χ2v) is 8.64. The Balaban J connectivity index is 2.08. The molecule has 2 fully saturated rings. The molecular weight excluding hydrogens is 286 g/mol. The van der Waals surface area contributed by atoms with Gasteiger partial charge in [0.15, 0.2) is 0 Å². The molecule has 0 radical (unpaired) electrons. The van der Waals surface area contributed by atoms with E-state index in [9.17, 15) is 10.2 Å². The van der Waals surface area contributed by atoms with Gasteiger partial charge in [0.25, 0.3) is 0 Å². The summed E-state index contributed by atoms with van der Waals surface area (Å²) in [6.07, 6.45) is 9.44. The second kappa shape index (κ2) is 7.67. The topological polar surface area (TPSA) is 66.5 Å². The van der Waals surface area contributed by atoms with Crippen LogP contribution in [0.4, 0.5) is 0 Å². The van der Waals surface area contributed by atoms with E-state index in [-0.39, 0.29) is 24.0 Å². The molecule has 0 amide bonds. The van der Waals surface area contributed by atoms with Crippen LogP contribution in [-0.4, -0.2) is 29.5 Å². The Hall–Kier alpha value is -0.380. The molecule has 0 bridgehead atoms. The number of hydrogen-bond donors (Lipinski definition) is 3. The van der Waals surface area contributed by atoms with E-state index in [1.165, 1.54) is 31.3 Å². The first kappa shape index (κ1) is 19.0. The van der Waals surface area contributed by atoms with Crippen LogP contribution in [0.2, 0.25) is 0 Å². The lowest BCUT2D eigenvalue weighted by Gasteiger charge is -2.48. The normalized spacial score (nSPS) is 39.6. The summed E-state index contributed by atoms with van der Waals surface area (Å²) in [5.74, 6) is 0.727. The van der Waals surface area contributed by atoms with E-state index in [0.717, 1.165) is 32.1 Å². The van der Waals surface area contributed by atoms with E-state index in [1.54, 1.807) is 0 Å². The molecule has 5 unspecified atom stereocenters. The molecule has 3 nitrogen and oxygen atoms in total. The predicted molar refractivity (Wildman–Crippen MR) is 96.0 cm³/mol. The molecule has 0 aromatic heterocycles. The van der Waals surface area contributed by atoms with Crippen LogP contribution < -0.4 is 5.73 Å². The Labute approximate surface area is 142 Å². The lowest BCUT2D eigenvalue weighted by atomic mass is 9.58. The number of hydrogen-bond acceptors (Lipinski definition) is 3. The molecule has 4 N–H and O–H groups in total. The van der Waals surface area contributed by atoms with Crippen molar-refractivity contribution in [2.75, 3.05) is 13.2 Å². The minimum absolute atomic E-state index is 0.101. The van der Waals surface area contributed by atoms with Gasteiger partial charge >= 0.3 is 0 Å². The molecule has 5 atom stereocenters. The van der Waals surface area contributed by atoms with E-state index in [0.29, 0.717) is 17.9 Å². The largest absolute Gasteiger partial charge is 0.396 e. The van der Waals surface area contributed by atoms with Crippen molar-refractivity contribution in [2.45, 2.75) is 77.7 Å². The Morgan fingerprint density at radius 1 is 1.30 bits per heavy atom. The van der Waals surface area contributed by atoms with Gasteiger partial charge in [0.2, 0.25) is 0 Å². The van der Waals surface area contributed by atoms with Crippen LogP contribution in [0.5, 0.6) is 0 Å². The summed E-state index contributed by atoms with van der Waals surface area (Å²) in [6, 6.07) is 0. The SMILES string of the molecule is C=C1CCCC1(C)CCC(CCN)C1(C)CCC(O)CC1CO. The maximum absolute atomic E-state index is 9.99. The molecule has 2 aliphatic rings. The monoisotopic (exact) mass is 323 g/mol. The van der Waals surface area contributed by atoms with Crippen LogP contribution in [0, 0.1) is 22.7 Å². The van der Waals surface area contributed by atoms with Crippen molar-refractivity contribution in [1.82, 2.24) is 0 Å². The first-order valence-corrected chi connectivity index (χ1v) is 9.53. The van der Waals surface area contributed by atoms with Gasteiger partial charge in [-0.25, -0.2) is 0 Å². The molecule has 0 saturated heterocycles. The average Bonchev–Trinajstić information content (AvgIpc) is 2.85. The van der Waals surface area contributed by atoms with Gasteiger partial charge in [0, 0.05) is 6.61 Å². The number of allylic oxidation sites excluding steroid dienone is 1. The molecule has 2 rings (SSSR count). The highest BCUT2D eigenvalue weighted by molar-refractivity contribution is 5.13. The molecule has 2 saturated carbocycles. The van der Waals surface area contributed by atoms with Crippen LogP contribution in [0.3, 0.4) is 0 Å². The van der Waals surface area contributed by atoms with E-state index in [4.69, 9.17) is 5.73 Å². The van der Waals surface area contributed by atoms with Crippen LogP contribution in [0.25, 0.3) is 0 Å². The first-order valence-electron chi connectivity index (χ1n) is 9.53. The number of rotatable bonds is 7. The lowest BCUT2D eigenvalue weighted by Crippen LogP contribution is -2.44. The Morgan fingerprint density at radius 2 is 2.04 bits per heavy atom. The van der Waals surface area contributed by atoms with Gasteiger partial charge in [-0.15, -0.1) is 0 Å². The molecule has 0 heterocycles. The zero-order valence-electron chi connectivity index (χ0n) is 15.2. The minimum atomic E-state index is -0.245. The van der Waals surface area contributed by atoms with Crippen molar-refractivity contribution in [1.29, 1.82) is 0 Å². The third kappa shape index (κ3) is 4.00. The summed E-state index contributed by atoms with van der Waals surface area (Å²) < 4.78 is 0. The van der Waals surface area contributed by atoms with Crippen LogP contribution in [0.15, 0.2) is 12.2 Å². The van der Waals surface area contributed by atoms with Gasteiger partial charge in [-0.3, -0.25) is 0 Å². The van der Waals surface area contributed by atoms with Crippen molar-refractivity contribution in [2.24, 2.45) is 28.4 Å². The molecule has 134 valence electrons. The fourth-order valence-corrected chi connectivity index (χ4v) is 5.19. The predicted octanol–water partition coefficient (Wildman–Crippen LogP) is 3.64. The van der Waals surface area contributed by atoms with Gasteiger partial charge in [0.05, 0.1) is 6.10 Å². The molecule has 2 aliphatic carbocycles. The van der Waals surface area contributed by atoms with Crippen LogP contribution in [0.1, 0.15) is 71.6 Å². The van der Waals surface area contributed by atoms with Crippen molar-refractivity contribution >= 4 is 0 Å². The van der Waals surface area contributed by atoms with Crippen molar-refractivity contribution < 1.29 is 10.2 Å². The number of aliphatic hydroxyl groups is 2. The fraction of sp³-hybridized carbons (Fsp3) is 0.900. The Morgan fingerprint density at radius 3 is 2.61 bits per heavy atom. The second-order valence-electron chi connectivity index (χ2n) is 8.64. The maximum Gasteiger partial charge on any atom is 0.0544 e. The molecular formula is C20H37NO2. The van der Waals surface area contributed by atoms with E-state index >= 15 is 0 Å². The average molecular weight is 324 g/mol. The van der Waals surface area contributed by atoms with Crippen LogP contribution in [-0.2, 0) is 0 Å². The lowest BCUT2D eigenvalue weighted by molar-refractivity contribution is -0.0477. The molecule has 0 aromatic carbocycles. The van der Waals surface area contributed by atoms with Gasteiger partial charge in [-0.1, -0.05) is 26.0 Å². The summed E-state index contributed by atoms with van der Waals surface area (Å²) in [4.78, 5) is 0. The number of nitrogens with two attached hydrogens (primary N) is 1. The Kier molecular flexibility index (Phi) is 6.32. The third-order valence-electron chi connectivity index (χ3n) is 7.28. The highest BCUT2D eigenvalue weighted by atomic mass is 16.3. The molecule has 0 aromatic rings. The maximum atomic E-state index is 9.99. The summed E-state index contributed by atoms with van der Waals surface area (Å²) in [5, 5.41) is 19.9. The third-order valence-corrected chi connectivity index (χ3v) is 7.28. The zero-order valence-corrected chi connectivity index (χ0v) is 15.2. The van der Waals surface area contributed by atoms with Gasteiger partial charge in [0.1, 0.15) is 0 Å². The summed E-state index contributed by atoms with van der Waals surface area (Å²) >= 11 is 0. The van der Waals surface area contributed by atoms with Gasteiger partial charge in [-0.2, -0.15) is 0 Å². The standard InChI is InChI=1S/C20H37NO2/c1-15-5-4-9-19(15,2)10-6-16(8-12-21)20(3)11-7-18(23)13-17(20)14-22/h16-18,22-23H,1,4-14,21H2,2-3H3. The van der Waals surface area contributed by atoms with E-state index in [1.807, 2.05) is 0 Å². The van der Waals surface area contributed by atoms with Gasteiger partial charge < -0.3 is 15.9 Å². The smallest absolute Gasteiger partial charge is 0.0544 e. The molecule has 23 heavy (non-hydrogen) atoms. The summed E-state index contributed by atoms with van der Waals surface area (Å²) in [5.41, 5.74) is 7.75. The van der Waals surface area contributed by atoms with Gasteiger partial charge in [-0.05, 0) is 87.0 Å². The molecule has 0 spiro atoms. The Bertz CT molecular complexity index is 410. The summed E-state index contributed by atoms with van der Waals surface area (Å²) in [7, 11) is 0. The summed E-state index contributed by atoms with van der Waals surface area (Å²) in [6.45, 7) is 9.89. The van der Waals surface area contributed by atoms with Crippen LogP contribution >= 0.6 is 0 Å². The highest BCUT2D eigenvalue weighted by Gasteiger charge is 2.45. The van der Waals surface area contributed by atoms with E-state index in [2.05, 4.69) is 20.4 Å². The van der Waals surface area contributed by atoms with E-state index < -0.39 is 0 Å². The zero-order chi connectivity index (χ0) is 17.1. The quantitative estimate of drug-likeness (QED) is 0.627. The minimum Gasteiger partial charge on any atom is -0.396 e. The first-order chi connectivity index (χ1) is 10.9. The number of aliphatic hydroxyl groups excluding tert-OH is 2.